The van der Waals surface area contributed by atoms with E-state index in [1.165, 1.54) is 0 Å². The number of benzene rings is 2. The zero-order valence-electron chi connectivity index (χ0n) is 17.5. The van der Waals surface area contributed by atoms with Crippen LogP contribution in [-0.2, 0) is 4.79 Å². The highest BCUT2D eigenvalue weighted by molar-refractivity contribution is 6.06. The molecular formula is C25H25N3O3. The summed E-state index contributed by atoms with van der Waals surface area (Å²) in [4.78, 5) is 32.5. The van der Waals surface area contributed by atoms with Gasteiger partial charge >= 0.3 is 0 Å². The summed E-state index contributed by atoms with van der Waals surface area (Å²) < 4.78 is 5.33. The highest BCUT2D eigenvalue weighted by Crippen LogP contribution is 2.45. The molecule has 0 unspecified atom stereocenters. The molecule has 2 aromatic carbocycles. The molecule has 0 bridgehead atoms. The van der Waals surface area contributed by atoms with Crippen molar-refractivity contribution < 1.29 is 14.3 Å². The smallest absolute Gasteiger partial charge is 0.255 e. The first kappa shape index (κ1) is 19.5. The van der Waals surface area contributed by atoms with E-state index in [4.69, 9.17) is 4.74 Å². The van der Waals surface area contributed by atoms with Crippen LogP contribution in [0.3, 0.4) is 0 Å². The van der Waals surface area contributed by atoms with E-state index in [2.05, 4.69) is 10.3 Å². The lowest BCUT2D eigenvalue weighted by atomic mass is 9.76. The standard InChI is InChI=1S/C25H25N3O3/c1-31-18-10-8-17(9-11-18)23-25(14-12-22(29)27-25)13-4-16-28(23)24(30)20-5-2-7-21-19(20)6-3-15-26-21/h2-3,5-11,15,23H,4,12-14,16H2,1H3,(H,27,29)/t23-,25+/m1/s1. The molecule has 1 aromatic heterocycles. The first-order valence-corrected chi connectivity index (χ1v) is 10.7. The molecule has 0 radical (unpaired) electrons. The lowest BCUT2D eigenvalue weighted by Gasteiger charge is -2.48. The van der Waals surface area contributed by atoms with Gasteiger partial charge in [0, 0.05) is 30.1 Å². The number of hydrogen-bond acceptors (Lipinski definition) is 4. The number of fused-ring (bicyclic) bond motifs is 1. The molecule has 2 atom stereocenters. The summed E-state index contributed by atoms with van der Waals surface area (Å²) >= 11 is 0. The number of pyridine rings is 1. The molecule has 3 aromatic rings. The van der Waals surface area contributed by atoms with Crippen LogP contribution in [0.15, 0.2) is 60.8 Å². The Kier molecular flexibility index (Phi) is 4.85. The summed E-state index contributed by atoms with van der Waals surface area (Å²) in [5.74, 6) is 0.795. The van der Waals surface area contributed by atoms with Gasteiger partial charge in [-0.3, -0.25) is 14.6 Å². The Bertz CT molecular complexity index is 1140. The molecule has 5 rings (SSSR count). The molecule has 2 fully saturated rings. The van der Waals surface area contributed by atoms with Crippen molar-refractivity contribution >= 4 is 22.7 Å². The number of carbonyl (C=O) groups is 2. The molecular weight excluding hydrogens is 390 g/mol. The van der Waals surface area contributed by atoms with E-state index in [-0.39, 0.29) is 17.9 Å². The molecule has 1 spiro atoms. The fraction of sp³-hybridized carbons (Fsp3) is 0.320. The van der Waals surface area contributed by atoms with Gasteiger partial charge in [0.1, 0.15) is 5.75 Å². The van der Waals surface area contributed by atoms with Gasteiger partial charge in [-0.2, -0.15) is 0 Å². The Labute approximate surface area is 181 Å². The summed E-state index contributed by atoms with van der Waals surface area (Å²) in [6, 6.07) is 17.1. The quantitative estimate of drug-likeness (QED) is 0.705. The molecule has 2 amide bonds. The lowest BCUT2D eigenvalue weighted by molar-refractivity contribution is -0.120. The third kappa shape index (κ3) is 3.32. The van der Waals surface area contributed by atoms with Crippen LogP contribution in [0.4, 0.5) is 0 Å². The van der Waals surface area contributed by atoms with Gasteiger partial charge in [-0.15, -0.1) is 0 Å². The molecule has 6 nitrogen and oxygen atoms in total. The maximum Gasteiger partial charge on any atom is 0.255 e. The maximum atomic E-state index is 13.9. The van der Waals surface area contributed by atoms with Gasteiger partial charge in [0.15, 0.2) is 0 Å². The molecule has 2 aliphatic heterocycles. The molecule has 31 heavy (non-hydrogen) atoms. The second-order valence-electron chi connectivity index (χ2n) is 8.36. The maximum absolute atomic E-state index is 13.9. The molecule has 2 saturated heterocycles. The van der Waals surface area contributed by atoms with Gasteiger partial charge in [-0.05, 0) is 55.2 Å². The number of aromatic nitrogens is 1. The molecule has 0 saturated carbocycles. The third-order valence-electron chi connectivity index (χ3n) is 6.61. The number of amides is 2. The van der Waals surface area contributed by atoms with Gasteiger partial charge in [-0.25, -0.2) is 0 Å². The summed E-state index contributed by atoms with van der Waals surface area (Å²) in [6.45, 7) is 0.643. The van der Waals surface area contributed by atoms with E-state index in [0.717, 1.165) is 41.5 Å². The van der Waals surface area contributed by atoms with Crippen LogP contribution in [0.25, 0.3) is 10.9 Å². The van der Waals surface area contributed by atoms with Gasteiger partial charge in [-0.1, -0.05) is 24.3 Å². The second kappa shape index (κ2) is 7.69. The average molecular weight is 415 g/mol. The first-order chi connectivity index (χ1) is 15.1. The zero-order chi connectivity index (χ0) is 21.4. The predicted octanol–water partition coefficient (Wildman–Crippen LogP) is 3.87. The molecule has 0 aliphatic carbocycles. The number of likely N-dealkylation sites (tertiary alicyclic amines) is 1. The number of ether oxygens (including phenoxy) is 1. The fourth-order valence-electron chi connectivity index (χ4n) is 5.21. The summed E-state index contributed by atoms with van der Waals surface area (Å²) in [5.41, 5.74) is 2.01. The van der Waals surface area contributed by atoms with E-state index in [0.29, 0.717) is 18.5 Å². The molecule has 1 N–H and O–H groups in total. The minimum atomic E-state index is -0.442. The molecule has 3 heterocycles. The van der Waals surface area contributed by atoms with Crippen LogP contribution in [0.2, 0.25) is 0 Å². The number of methoxy groups -OCH3 is 1. The molecule has 2 aliphatic rings. The van der Waals surface area contributed by atoms with Crippen molar-refractivity contribution in [2.24, 2.45) is 0 Å². The van der Waals surface area contributed by atoms with Gasteiger partial charge in [0.05, 0.1) is 24.2 Å². The Morgan fingerprint density at radius 2 is 1.97 bits per heavy atom. The highest BCUT2D eigenvalue weighted by atomic mass is 16.5. The summed E-state index contributed by atoms with van der Waals surface area (Å²) in [7, 11) is 1.64. The van der Waals surface area contributed by atoms with Crippen molar-refractivity contribution in [1.29, 1.82) is 0 Å². The number of piperidine rings is 1. The van der Waals surface area contributed by atoms with Crippen molar-refractivity contribution in [1.82, 2.24) is 15.2 Å². The number of hydrogen-bond donors (Lipinski definition) is 1. The van der Waals surface area contributed by atoms with Gasteiger partial charge in [0.25, 0.3) is 5.91 Å². The van der Waals surface area contributed by atoms with E-state index < -0.39 is 5.54 Å². The summed E-state index contributed by atoms with van der Waals surface area (Å²) in [6.07, 6.45) is 4.66. The Hall–Kier alpha value is -3.41. The van der Waals surface area contributed by atoms with Gasteiger partial charge < -0.3 is 15.0 Å². The van der Waals surface area contributed by atoms with E-state index >= 15 is 0 Å². The Morgan fingerprint density at radius 1 is 1.13 bits per heavy atom. The summed E-state index contributed by atoms with van der Waals surface area (Å²) in [5, 5.41) is 4.09. The first-order valence-electron chi connectivity index (χ1n) is 10.7. The third-order valence-corrected chi connectivity index (χ3v) is 6.61. The fourth-order valence-corrected chi connectivity index (χ4v) is 5.21. The van der Waals surface area contributed by atoms with Crippen LogP contribution in [-0.4, -0.2) is 40.9 Å². The van der Waals surface area contributed by atoms with Crippen molar-refractivity contribution in [3.63, 3.8) is 0 Å². The van der Waals surface area contributed by atoms with Crippen molar-refractivity contribution in [2.75, 3.05) is 13.7 Å². The second-order valence-corrected chi connectivity index (χ2v) is 8.36. The predicted molar refractivity (Wildman–Crippen MR) is 118 cm³/mol. The van der Waals surface area contributed by atoms with Crippen molar-refractivity contribution in [2.45, 2.75) is 37.3 Å². The zero-order valence-corrected chi connectivity index (χ0v) is 17.5. The monoisotopic (exact) mass is 415 g/mol. The average Bonchev–Trinajstić information content (AvgIpc) is 3.18. The van der Waals surface area contributed by atoms with E-state index in [1.807, 2.05) is 59.5 Å². The largest absolute Gasteiger partial charge is 0.497 e. The van der Waals surface area contributed by atoms with Crippen LogP contribution in [0.5, 0.6) is 5.75 Å². The van der Waals surface area contributed by atoms with Crippen LogP contribution in [0, 0.1) is 0 Å². The number of nitrogens with zero attached hydrogens (tertiary/aromatic N) is 2. The lowest BCUT2D eigenvalue weighted by Crippen LogP contribution is -2.58. The highest BCUT2D eigenvalue weighted by Gasteiger charge is 2.50. The van der Waals surface area contributed by atoms with Crippen molar-refractivity contribution in [3.8, 4) is 5.75 Å². The van der Waals surface area contributed by atoms with Crippen LogP contribution < -0.4 is 10.1 Å². The minimum Gasteiger partial charge on any atom is -0.497 e. The normalized spacial score (nSPS) is 23.2. The van der Waals surface area contributed by atoms with Crippen LogP contribution in [0.1, 0.15) is 47.6 Å². The van der Waals surface area contributed by atoms with Crippen LogP contribution >= 0.6 is 0 Å². The molecule has 6 heteroatoms. The van der Waals surface area contributed by atoms with E-state index in [1.54, 1.807) is 13.3 Å². The Morgan fingerprint density at radius 3 is 2.71 bits per heavy atom. The Balaban J connectivity index is 1.61. The van der Waals surface area contributed by atoms with Crippen molar-refractivity contribution in [3.05, 3.63) is 71.9 Å². The topological polar surface area (TPSA) is 71.5 Å². The number of nitrogens with one attached hydrogen (secondary N) is 1. The van der Waals surface area contributed by atoms with Gasteiger partial charge in [0.2, 0.25) is 5.91 Å². The van der Waals surface area contributed by atoms with E-state index in [9.17, 15) is 9.59 Å². The molecule has 158 valence electrons. The SMILES string of the molecule is COc1ccc([C@H]2N(C(=O)c3cccc4ncccc34)CCC[C@]23CCC(=O)N3)cc1. The number of rotatable bonds is 3. The minimum absolute atomic E-state index is 0.0281. The number of carbonyl (C=O) groups excluding carboxylic acids is 2.